The summed E-state index contributed by atoms with van der Waals surface area (Å²) in [6.07, 6.45) is 0. The molecule has 0 saturated carbocycles. The molecule has 0 aliphatic heterocycles. The molecule has 0 rings (SSSR count). The smallest absolute Gasteiger partial charge is 0.0319 e. The molecule has 0 unspecified atom stereocenters. The molecule has 0 spiro atoms. The van der Waals surface area contributed by atoms with Crippen LogP contribution in [0.15, 0.2) is 0 Å². The van der Waals surface area contributed by atoms with Crippen molar-refractivity contribution in [2.75, 3.05) is 7.11 Å². The maximum atomic E-state index is 7.00. The monoisotopic (exact) mass is 134 g/mol. The minimum absolute atomic E-state index is 0. The maximum absolute atomic E-state index is 7.00. The Morgan fingerprint density at radius 3 is 0.833 bits per heavy atom. The van der Waals surface area contributed by atoms with Crippen LogP contribution in [0.25, 0.3) is 0 Å². The van der Waals surface area contributed by atoms with E-state index in [4.69, 9.17) is 5.11 Å². The van der Waals surface area contributed by atoms with Crippen LogP contribution >= 0.6 is 0 Å². The van der Waals surface area contributed by atoms with Gasteiger partial charge in [-0.05, 0) is 0 Å². The van der Waals surface area contributed by atoms with Crippen molar-refractivity contribution >= 4 is 0 Å². The van der Waals surface area contributed by atoms with Crippen LogP contribution in [-0.4, -0.2) is 28.6 Å². The zero-order valence-corrected chi connectivity index (χ0v) is 5.01. The molecule has 0 fully saturated rings. The van der Waals surface area contributed by atoms with Gasteiger partial charge < -0.3 is 21.5 Å². The first-order valence-electron chi connectivity index (χ1n) is 0.447. The third-order valence-corrected chi connectivity index (χ3v) is 0. The van der Waals surface area contributed by atoms with Crippen molar-refractivity contribution in [3.05, 3.63) is 0 Å². The zero-order valence-electron chi connectivity index (χ0n) is 3.45. The molecule has 0 aliphatic rings. The van der Waals surface area contributed by atoms with Crippen LogP contribution in [0, 0.1) is 0 Å². The van der Waals surface area contributed by atoms with Gasteiger partial charge in [-0.3, -0.25) is 0 Å². The average Bonchev–Trinajstić information content (AvgIpc) is 1.00. The summed E-state index contributed by atoms with van der Waals surface area (Å²) in [5, 5.41) is 7.00. The van der Waals surface area contributed by atoms with Gasteiger partial charge in [0.1, 0.15) is 0 Å². The molecule has 0 aromatic carbocycles. The van der Waals surface area contributed by atoms with Crippen molar-refractivity contribution in [3.8, 4) is 0 Å². The molecule has 0 saturated heterocycles. The molecule has 5 heteroatoms. The van der Waals surface area contributed by atoms with Gasteiger partial charge >= 0.3 is 0 Å². The first-order chi connectivity index (χ1) is 1.00. The molecule has 0 radical (unpaired) electrons. The normalized spacial score (nSPS) is 1.00. The molecule has 6 heavy (non-hydrogen) atoms. The first-order valence-corrected chi connectivity index (χ1v) is 0.447. The van der Waals surface area contributed by atoms with E-state index in [1.165, 1.54) is 0 Å². The number of hydrogen-bond acceptors (Lipinski definition) is 1. The van der Waals surface area contributed by atoms with Crippen LogP contribution in [0.1, 0.15) is 0 Å². The van der Waals surface area contributed by atoms with Crippen molar-refractivity contribution in [1.29, 1.82) is 0 Å². The molecule has 42 valence electrons. The van der Waals surface area contributed by atoms with Gasteiger partial charge in [0.2, 0.25) is 0 Å². The Hall–Kier alpha value is 0.554. The molecule has 0 aromatic heterocycles. The number of aliphatic hydroxyl groups is 1. The van der Waals surface area contributed by atoms with Gasteiger partial charge in [0.25, 0.3) is 0 Å². The predicted molar refractivity (Wildman–Crippen MR) is 19.0 cm³/mol. The van der Waals surface area contributed by atoms with Crippen LogP contribution in [0.2, 0.25) is 0 Å². The summed E-state index contributed by atoms with van der Waals surface area (Å²) in [6.45, 7) is 0. The molecule has 4 nitrogen and oxygen atoms in total. The summed E-state index contributed by atoms with van der Waals surface area (Å²) in [5.74, 6) is 0. The second-order valence-corrected chi connectivity index (χ2v) is 0. The second kappa shape index (κ2) is 375. The SMILES string of the molecule is CO.O.O.O.[Ti]. The molecular formula is CH10O4Ti. The Morgan fingerprint density at radius 1 is 0.833 bits per heavy atom. The fourth-order valence-electron chi connectivity index (χ4n) is 0. The summed E-state index contributed by atoms with van der Waals surface area (Å²) in [7, 11) is 1.00. The Labute approximate surface area is 51.0 Å². The van der Waals surface area contributed by atoms with Gasteiger partial charge in [-0.1, -0.05) is 0 Å². The summed E-state index contributed by atoms with van der Waals surface area (Å²) in [5.41, 5.74) is 0. The molecule has 0 aromatic rings. The van der Waals surface area contributed by atoms with Gasteiger partial charge in [-0.25, -0.2) is 0 Å². The van der Waals surface area contributed by atoms with E-state index in [9.17, 15) is 0 Å². The largest absolute Gasteiger partial charge is 0.412 e. The summed E-state index contributed by atoms with van der Waals surface area (Å²) in [4.78, 5) is 0. The predicted octanol–water partition coefficient (Wildman–Crippen LogP) is -2.87. The minimum Gasteiger partial charge on any atom is -0.412 e. The van der Waals surface area contributed by atoms with Crippen molar-refractivity contribution in [2.24, 2.45) is 0 Å². The summed E-state index contributed by atoms with van der Waals surface area (Å²) >= 11 is 0. The third kappa shape index (κ3) is 187. The van der Waals surface area contributed by atoms with E-state index in [0.717, 1.165) is 7.11 Å². The average molecular weight is 134 g/mol. The standard InChI is InChI=1S/CH4O.3H2O.Ti/c1-2;;;;/h2H,1H3;3*1H2;. The van der Waals surface area contributed by atoms with Crippen LogP contribution < -0.4 is 0 Å². The van der Waals surface area contributed by atoms with Gasteiger partial charge in [0.15, 0.2) is 0 Å². The maximum Gasteiger partial charge on any atom is 0.0319 e. The Kier molecular flexibility index (Phi) is 5230. The third-order valence-electron chi connectivity index (χ3n) is 0. The second-order valence-electron chi connectivity index (χ2n) is 0. The van der Waals surface area contributed by atoms with Crippen molar-refractivity contribution in [1.82, 2.24) is 0 Å². The van der Waals surface area contributed by atoms with Crippen molar-refractivity contribution in [2.45, 2.75) is 0 Å². The van der Waals surface area contributed by atoms with E-state index in [-0.39, 0.29) is 38.1 Å². The van der Waals surface area contributed by atoms with Gasteiger partial charge in [-0.2, -0.15) is 0 Å². The van der Waals surface area contributed by atoms with E-state index in [2.05, 4.69) is 0 Å². The molecule has 0 amide bonds. The van der Waals surface area contributed by atoms with E-state index in [1.54, 1.807) is 0 Å². The van der Waals surface area contributed by atoms with Crippen LogP contribution in [0.4, 0.5) is 0 Å². The molecule has 0 heterocycles. The fraction of sp³-hybridized carbons (Fsp3) is 1.00. The summed E-state index contributed by atoms with van der Waals surface area (Å²) < 4.78 is 0. The topological polar surface area (TPSA) is 115 Å². The Balaban J connectivity index is -0.000000000833. The quantitative estimate of drug-likeness (QED) is 0.352. The van der Waals surface area contributed by atoms with E-state index < -0.39 is 0 Å². The molecule has 0 bridgehead atoms. The minimum atomic E-state index is 0. The van der Waals surface area contributed by atoms with E-state index >= 15 is 0 Å². The van der Waals surface area contributed by atoms with Crippen molar-refractivity contribution in [3.63, 3.8) is 0 Å². The number of rotatable bonds is 0. The molecular weight excluding hydrogens is 124 g/mol. The van der Waals surface area contributed by atoms with Gasteiger partial charge in [0, 0.05) is 28.8 Å². The zero-order chi connectivity index (χ0) is 2.00. The number of hydrogen-bond donors (Lipinski definition) is 1. The Bertz CT molecular complexity index is 7.51. The van der Waals surface area contributed by atoms with Crippen LogP contribution in [0.5, 0.6) is 0 Å². The van der Waals surface area contributed by atoms with Crippen molar-refractivity contribution < 1.29 is 43.3 Å². The van der Waals surface area contributed by atoms with Gasteiger partial charge in [-0.15, -0.1) is 0 Å². The van der Waals surface area contributed by atoms with Crippen LogP contribution in [0.3, 0.4) is 0 Å². The molecule has 7 N–H and O–H groups in total. The fourth-order valence-corrected chi connectivity index (χ4v) is 0. The Morgan fingerprint density at radius 2 is 0.833 bits per heavy atom. The summed E-state index contributed by atoms with van der Waals surface area (Å²) in [6, 6.07) is 0. The van der Waals surface area contributed by atoms with E-state index in [1.807, 2.05) is 0 Å². The van der Waals surface area contributed by atoms with E-state index in [0.29, 0.717) is 0 Å². The van der Waals surface area contributed by atoms with Crippen LogP contribution in [-0.2, 0) is 21.7 Å². The molecule has 0 aliphatic carbocycles. The first kappa shape index (κ1) is 83.7. The number of aliphatic hydroxyl groups excluding tert-OH is 1. The van der Waals surface area contributed by atoms with Gasteiger partial charge in [0.05, 0.1) is 0 Å². The molecule has 0 atom stereocenters.